The Kier molecular flexibility index (Phi) is 5.49. The molecule has 0 amide bonds. The van der Waals surface area contributed by atoms with Crippen LogP contribution in [0.5, 0.6) is 0 Å². The Morgan fingerprint density at radius 1 is 1.14 bits per heavy atom. The van der Waals surface area contributed by atoms with Crippen molar-refractivity contribution in [3.05, 3.63) is 65.9 Å². The summed E-state index contributed by atoms with van der Waals surface area (Å²) in [6, 6.07) is 17.4. The minimum Gasteiger partial charge on any atom is -0.463 e. The van der Waals surface area contributed by atoms with Crippen LogP contribution in [0, 0.1) is 5.92 Å². The molecule has 0 aliphatic carbocycles. The lowest BCUT2D eigenvalue weighted by atomic mass is 9.89. The minimum atomic E-state index is 0.109. The van der Waals surface area contributed by atoms with Crippen molar-refractivity contribution in [1.29, 1.82) is 0 Å². The molecule has 0 radical (unpaired) electrons. The lowest BCUT2D eigenvalue weighted by Crippen LogP contribution is -2.67. The van der Waals surface area contributed by atoms with Gasteiger partial charge in [-0.05, 0) is 80.4 Å². The van der Waals surface area contributed by atoms with Crippen LogP contribution in [0.15, 0.2) is 54.7 Å². The molecule has 0 bridgehead atoms. The number of rotatable bonds is 5. The van der Waals surface area contributed by atoms with Crippen molar-refractivity contribution < 1.29 is 10.1 Å². The third-order valence-electron chi connectivity index (χ3n) is 5.79. The number of piperidine rings is 1. The number of aromatic nitrogens is 1. The Morgan fingerprint density at radius 2 is 1.96 bits per heavy atom. The molecule has 4 heteroatoms. The van der Waals surface area contributed by atoms with E-state index in [0.29, 0.717) is 11.8 Å². The van der Waals surface area contributed by atoms with Crippen LogP contribution in [0.2, 0.25) is 0 Å². The predicted molar refractivity (Wildman–Crippen MR) is 115 cm³/mol. The van der Waals surface area contributed by atoms with Gasteiger partial charge in [0.2, 0.25) is 5.69 Å². The van der Waals surface area contributed by atoms with Crippen LogP contribution >= 0.6 is 0 Å². The Labute approximate surface area is 166 Å². The summed E-state index contributed by atoms with van der Waals surface area (Å²) >= 11 is 0. The van der Waals surface area contributed by atoms with E-state index in [1.807, 2.05) is 26.1 Å². The highest BCUT2D eigenvalue weighted by molar-refractivity contribution is 5.79. The van der Waals surface area contributed by atoms with Crippen molar-refractivity contribution in [2.45, 2.75) is 39.2 Å². The molecule has 0 atom stereocenters. The average molecular weight is 377 g/mol. The highest BCUT2D eigenvalue weighted by Crippen LogP contribution is 2.29. The highest BCUT2D eigenvalue weighted by Gasteiger charge is 2.21. The van der Waals surface area contributed by atoms with E-state index in [1.165, 1.54) is 34.9 Å². The number of hydrogen-bond acceptors (Lipinski definition) is 1. The third-order valence-corrected chi connectivity index (χ3v) is 5.79. The van der Waals surface area contributed by atoms with Crippen LogP contribution in [0.25, 0.3) is 10.9 Å². The molecule has 2 heterocycles. The number of nitrogens with one attached hydrogen (secondary N) is 2. The van der Waals surface area contributed by atoms with Gasteiger partial charge in [-0.25, -0.2) is 0 Å². The highest BCUT2D eigenvalue weighted by atomic mass is 16.3. The lowest BCUT2D eigenvalue weighted by Gasteiger charge is -2.32. The fourth-order valence-electron chi connectivity index (χ4n) is 4.05. The molecule has 1 fully saturated rings. The van der Waals surface area contributed by atoms with Gasteiger partial charge in [0, 0.05) is 30.4 Å². The first-order valence-electron chi connectivity index (χ1n) is 10.3. The van der Waals surface area contributed by atoms with E-state index in [9.17, 15) is 5.11 Å². The summed E-state index contributed by atoms with van der Waals surface area (Å²) in [4.78, 5) is 8.95. The van der Waals surface area contributed by atoms with Gasteiger partial charge < -0.3 is 10.1 Å². The third kappa shape index (κ3) is 4.28. The van der Waals surface area contributed by atoms with E-state index in [1.54, 1.807) is 0 Å². The zero-order valence-corrected chi connectivity index (χ0v) is 16.8. The van der Waals surface area contributed by atoms with E-state index >= 15 is 0 Å². The van der Waals surface area contributed by atoms with Gasteiger partial charge in [-0.2, -0.15) is 4.99 Å². The maximum atomic E-state index is 10.0. The van der Waals surface area contributed by atoms with Gasteiger partial charge in [0.1, 0.15) is 0 Å². The molecule has 3 N–H and O–H groups in total. The number of nitrogens with zero attached hydrogens (tertiary/aromatic N) is 1. The predicted octanol–water partition coefficient (Wildman–Crippen LogP) is 3.87. The summed E-state index contributed by atoms with van der Waals surface area (Å²) in [6.45, 7) is 7.23. The van der Waals surface area contributed by atoms with Crippen LogP contribution < -0.4 is 4.99 Å². The fourth-order valence-corrected chi connectivity index (χ4v) is 4.05. The van der Waals surface area contributed by atoms with Gasteiger partial charge >= 0.3 is 5.90 Å². The van der Waals surface area contributed by atoms with Crippen molar-refractivity contribution in [2.75, 3.05) is 13.1 Å². The number of H-pyrrole nitrogens is 1. The Morgan fingerprint density at radius 3 is 2.75 bits per heavy atom. The van der Waals surface area contributed by atoms with Crippen LogP contribution in [-0.4, -0.2) is 34.0 Å². The Hall–Kier alpha value is -2.59. The van der Waals surface area contributed by atoms with Crippen molar-refractivity contribution in [3.8, 4) is 0 Å². The SMILES string of the molecule is CC(C)C(O)=[NH+]c1cccc(C2CCN(Cc3ccc4[nH]ccc4c3)CC2)c1. The van der Waals surface area contributed by atoms with E-state index in [0.717, 1.165) is 25.3 Å². The normalized spacial score (nSPS) is 16.9. The van der Waals surface area contributed by atoms with Crippen LogP contribution in [0.4, 0.5) is 5.69 Å². The van der Waals surface area contributed by atoms with E-state index in [-0.39, 0.29) is 5.92 Å². The van der Waals surface area contributed by atoms with Crippen LogP contribution in [0.3, 0.4) is 0 Å². The minimum absolute atomic E-state index is 0.109. The van der Waals surface area contributed by atoms with E-state index < -0.39 is 0 Å². The zero-order valence-electron chi connectivity index (χ0n) is 16.8. The molecular weight excluding hydrogens is 346 g/mol. The monoisotopic (exact) mass is 376 g/mol. The molecule has 2 aromatic carbocycles. The number of aliphatic hydroxyl groups is 1. The van der Waals surface area contributed by atoms with Crippen molar-refractivity contribution in [1.82, 2.24) is 9.88 Å². The fraction of sp³-hybridized carbons (Fsp3) is 0.375. The Bertz CT molecular complexity index is 965. The number of likely N-dealkylation sites (tertiary alicyclic amines) is 1. The molecule has 3 aromatic rings. The van der Waals surface area contributed by atoms with Gasteiger partial charge in [-0.3, -0.25) is 4.90 Å². The molecule has 1 aliphatic heterocycles. The summed E-state index contributed by atoms with van der Waals surface area (Å²) in [5.41, 5.74) is 4.94. The van der Waals surface area contributed by atoms with Gasteiger partial charge in [0.25, 0.3) is 0 Å². The molecule has 0 saturated carbocycles. The summed E-state index contributed by atoms with van der Waals surface area (Å²) in [6.07, 6.45) is 4.35. The number of hydrogen-bond donors (Lipinski definition) is 3. The molecule has 1 aliphatic rings. The first kappa shape index (κ1) is 18.8. The number of aliphatic hydroxyl groups excluding tert-OH is 1. The van der Waals surface area contributed by atoms with E-state index in [2.05, 4.69) is 57.3 Å². The van der Waals surface area contributed by atoms with Gasteiger partial charge in [0.15, 0.2) is 0 Å². The first-order chi connectivity index (χ1) is 13.6. The summed E-state index contributed by atoms with van der Waals surface area (Å²) in [5.74, 6) is 1.02. The summed E-state index contributed by atoms with van der Waals surface area (Å²) < 4.78 is 0. The zero-order chi connectivity index (χ0) is 19.5. The van der Waals surface area contributed by atoms with Gasteiger partial charge in [-0.15, -0.1) is 0 Å². The molecule has 4 nitrogen and oxygen atoms in total. The van der Waals surface area contributed by atoms with Crippen LogP contribution in [0.1, 0.15) is 43.7 Å². The maximum Gasteiger partial charge on any atom is 0.340 e. The lowest BCUT2D eigenvalue weighted by molar-refractivity contribution is -0.369. The second-order valence-electron chi connectivity index (χ2n) is 8.24. The smallest absolute Gasteiger partial charge is 0.340 e. The molecule has 0 unspecified atom stereocenters. The topological polar surface area (TPSA) is 53.2 Å². The average Bonchev–Trinajstić information content (AvgIpc) is 3.16. The van der Waals surface area contributed by atoms with Crippen LogP contribution in [-0.2, 0) is 6.54 Å². The quantitative estimate of drug-likeness (QED) is 0.468. The second kappa shape index (κ2) is 8.19. The van der Waals surface area contributed by atoms with Gasteiger partial charge in [0.05, 0.1) is 5.92 Å². The summed E-state index contributed by atoms with van der Waals surface area (Å²) in [5, 5.41) is 11.3. The van der Waals surface area contributed by atoms with Gasteiger partial charge in [-0.1, -0.05) is 18.2 Å². The second-order valence-corrected chi connectivity index (χ2v) is 8.24. The first-order valence-corrected chi connectivity index (χ1v) is 10.3. The molecule has 146 valence electrons. The number of benzene rings is 2. The standard InChI is InChI=1S/C24H29N3O/c1-17(2)24(28)26-22-5-3-4-20(15-22)19-9-12-27(13-10-19)16-18-6-7-23-21(14-18)8-11-25-23/h3-8,11,14-15,17,19,25H,9-10,12-13,16H2,1-2H3,(H,26,28)/p+1. The molecule has 28 heavy (non-hydrogen) atoms. The molecule has 1 saturated heterocycles. The van der Waals surface area contributed by atoms with Crippen molar-refractivity contribution >= 4 is 22.5 Å². The van der Waals surface area contributed by atoms with Crippen molar-refractivity contribution in [3.63, 3.8) is 0 Å². The Balaban J connectivity index is 1.38. The molecule has 1 aromatic heterocycles. The maximum absolute atomic E-state index is 10.0. The largest absolute Gasteiger partial charge is 0.463 e. The number of fused-ring (bicyclic) bond motifs is 1. The van der Waals surface area contributed by atoms with Crippen molar-refractivity contribution in [2.24, 2.45) is 5.92 Å². The molecule has 4 rings (SSSR count). The molecule has 0 spiro atoms. The van der Waals surface area contributed by atoms with E-state index in [4.69, 9.17) is 0 Å². The molecular formula is C24H30N3O+. The summed E-state index contributed by atoms with van der Waals surface area (Å²) in [7, 11) is 0. The number of aromatic amines is 1.